The van der Waals surface area contributed by atoms with E-state index in [1.807, 2.05) is 66.7 Å². The van der Waals surface area contributed by atoms with Crippen LogP contribution < -0.4 is 5.32 Å². The third-order valence-corrected chi connectivity index (χ3v) is 4.75. The summed E-state index contributed by atoms with van der Waals surface area (Å²) in [5.41, 5.74) is 1.94. The number of carbonyl (C=O) groups is 2. The van der Waals surface area contributed by atoms with Crippen LogP contribution in [0.4, 0.5) is 0 Å². The number of nitrogens with zero attached hydrogens (tertiary/aromatic N) is 1. The number of carbonyl (C=O) groups excluding carboxylic acids is 2. The highest BCUT2D eigenvalue weighted by Crippen LogP contribution is 2.17. The number of nitrogens with one attached hydrogen (secondary N) is 1. The summed E-state index contributed by atoms with van der Waals surface area (Å²) in [5.74, 6) is 5.97. The van der Waals surface area contributed by atoms with Gasteiger partial charge in [-0.3, -0.25) is 9.59 Å². The number of hydrogen-bond acceptors (Lipinski definition) is 2. The van der Waals surface area contributed by atoms with Gasteiger partial charge in [0.2, 0.25) is 11.8 Å². The van der Waals surface area contributed by atoms with Crippen LogP contribution in [0.1, 0.15) is 24.0 Å². The predicted octanol–water partition coefficient (Wildman–Crippen LogP) is 3.11. The van der Waals surface area contributed by atoms with Crippen LogP contribution in [0.3, 0.4) is 0 Å². The lowest BCUT2D eigenvalue weighted by Crippen LogP contribution is -2.42. The number of piperidine rings is 1. The monoisotopic (exact) mass is 372 g/mol. The van der Waals surface area contributed by atoms with E-state index in [0.717, 1.165) is 11.1 Å². The molecule has 1 fully saturated rings. The van der Waals surface area contributed by atoms with E-state index in [-0.39, 0.29) is 17.7 Å². The molecule has 1 saturated heterocycles. The molecular formula is C24H24N2O2. The topological polar surface area (TPSA) is 49.4 Å². The molecule has 0 bridgehead atoms. The van der Waals surface area contributed by atoms with E-state index in [2.05, 4.69) is 17.2 Å². The van der Waals surface area contributed by atoms with Crippen molar-refractivity contribution in [3.63, 3.8) is 0 Å². The first-order valence-electron chi connectivity index (χ1n) is 9.56. The average molecular weight is 372 g/mol. The summed E-state index contributed by atoms with van der Waals surface area (Å²) >= 11 is 0. The normalized spacial score (nSPS) is 14.4. The van der Waals surface area contributed by atoms with E-state index in [9.17, 15) is 9.59 Å². The van der Waals surface area contributed by atoms with Crippen molar-refractivity contribution in [2.24, 2.45) is 5.92 Å². The lowest BCUT2D eigenvalue weighted by molar-refractivity contribution is -0.132. The van der Waals surface area contributed by atoms with Crippen molar-refractivity contribution >= 4 is 17.9 Å². The first kappa shape index (κ1) is 19.4. The van der Waals surface area contributed by atoms with Gasteiger partial charge in [0.25, 0.3) is 0 Å². The molecule has 1 N–H and O–H groups in total. The molecule has 0 aromatic heterocycles. The summed E-state index contributed by atoms with van der Waals surface area (Å²) in [6.45, 7) is 1.55. The van der Waals surface area contributed by atoms with Gasteiger partial charge in [0.05, 0.1) is 6.54 Å². The zero-order valence-electron chi connectivity index (χ0n) is 15.8. The van der Waals surface area contributed by atoms with Crippen molar-refractivity contribution in [2.75, 3.05) is 19.6 Å². The van der Waals surface area contributed by atoms with E-state index in [4.69, 9.17) is 0 Å². The average Bonchev–Trinajstić information content (AvgIpc) is 2.76. The molecule has 0 atom stereocenters. The molecular weight excluding hydrogens is 348 g/mol. The van der Waals surface area contributed by atoms with Gasteiger partial charge in [0.1, 0.15) is 0 Å². The fraction of sp³-hybridized carbons (Fsp3) is 0.250. The molecule has 28 heavy (non-hydrogen) atoms. The van der Waals surface area contributed by atoms with Crippen molar-refractivity contribution in [3.05, 3.63) is 77.9 Å². The van der Waals surface area contributed by atoms with Gasteiger partial charge in [0.15, 0.2) is 0 Å². The minimum Gasteiger partial charge on any atom is -0.345 e. The van der Waals surface area contributed by atoms with Gasteiger partial charge < -0.3 is 10.2 Å². The lowest BCUT2D eigenvalue weighted by atomic mass is 9.96. The SMILES string of the molecule is O=C(NCC#Cc1ccccc1)C1CCN(C(=O)/C=C/c2ccccc2)CC1. The second-order valence-corrected chi connectivity index (χ2v) is 6.73. The molecule has 0 saturated carbocycles. The zero-order valence-corrected chi connectivity index (χ0v) is 15.8. The Morgan fingerprint density at radius 1 is 1.00 bits per heavy atom. The van der Waals surface area contributed by atoms with Gasteiger partial charge in [0, 0.05) is 30.6 Å². The number of rotatable bonds is 4. The van der Waals surface area contributed by atoms with Gasteiger partial charge in [-0.2, -0.15) is 0 Å². The van der Waals surface area contributed by atoms with Gasteiger partial charge in [-0.15, -0.1) is 0 Å². The Morgan fingerprint density at radius 3 is 2.32 bits per heavy atom. The molecule has 2 aromatic carbocycles. The van der Waals surface area contributed by atoms with Crippen molar-refractivity contribution in [1.82, 2.24) is 10.2 Å². The van der Waals surface area contributed by atoms with E-state index >= 15 is 0 Å². The Balaban J connectivity index is 1.41. The van der Waals surface area contributed by atoms with Gasteiger partial charge in [-0.05, 0) is 36.6 Å². The quantitative estimate of drug-likeness (QED) is 0.662. The molecule has 4 heteroatoms. The smallest absolute Gasteiger partial charge is 0.246 e. The summed E-state index contributed by atoms with van der Waals surface area (Å²) in [7, 11) is 0. The highest BCUT2D eigenvalue weighted by atomic mass is 16.2. The number of hydrogen-bond donors (Lipinski definition) is 1. The molecule has 1 heterocycles. The Bertz CT molecular complexity index is 871. The molecule has 142 valence electrons. The van der Waals surface area contributed by atoms with Crippen LogP contribution in [0.15, 0.2) is 66.7 Å². The van der Waals surface area contributed by atoms with Crippen molar-refractivity contribution in [3.8, 4) is 11.8 Å². The van der Waals surface area contributed by atoms with E-state index in [1.54, 1.807) is 11.0 Å². The largest absolute Gasteiger partial charge is 0.345 e. The molecule has 3 rings (SSSR count). The standard InChI is InChI=1S/C24H24N2O2/c27-23(14-13-21-10-5-2-6-11-21)26-18-15-22(16-19-26)24(28)25-17-7-12-20-8-3-1-4-9-20/h1-6,8-11,13-14,22H,15-19H2,(H,25,28)/b14-13+. The Hall–Kier alpha value is -3.32. The van der Waals surface area contributed by atoms with Crippen LogP contribution in [0, 0.1) is 17.8 Å². The Labute approximate surface area is 166 Å². The molecule has 1 aliphatic heterocycles. The van der Waals surface area contributed by atoms with Crippen LogP contribution in [0.2, 0.25) is 0 Å². The van der Waals surface area contributed by atoms with Crippen LogP contribution >= 0.6 is 0 Å². The van der Waals surface area contributed by atoms with Gasteiger partial charge >= 0.3 is 0 Å². The molecule has 0 aliphatic carbocycles. The molecule has 1 aliphatic rings. The molecule has 2 amide bonds. The third-order valence-electron chi connectivity index (χ3n) is 4.75. The Morgan fingerprint density at radius 2 is 1.64 bits per heavy atom. The number of amides is 2. The van der Waals surface area contributed by atoms with E-state index < -0.39 is 0 Å². The first-order valence-corrected chi connectivity index (χ1v) is 9.56. The number of benzene rings is 2. The van der Waals surface area contributed by atoms with Gasteiger partial charge in [-0.1, -0.05) is 60.4 Å². The summed E-state index contributed by atoms with van der Waals surface area (Å²) in [4.78, 5) is 26.4. The van der Waals surface area contributed by atoms with Crippen LogP contribution in [0.25, 0.3) is 6.08 Å². The maximum Gasteiger partial charge on any atom is 0.246 e. The summed E-state index contributed by atoms with van der Waals surface area (Å²) in [6, 6.07) is 19.4. The predicted molar refractivity (Wildman–Crippen MR) is 111 cm³/mol. The maximum atomic E-state index is 12.3. The minimum absolute atomic E-state index is 0.00330. The highest BCUT2D eigenvalue weighted by molar-refractivity contribution is 5.92. The first-order chi connectivity index (χ1) is 13.7. The van der Waals surface area contributed by atoms with Crippen LogP contribution in [0.5, 0.6) is 0 Å². The zero-order chi connectivity index (χ0) is 19.6. The third kappa shape index (κ3) is 5.85. The van der Waals surface area contributed by atoms with E-state index in [1.165, 1.54) is 0 Å². The van der Waals surface area contributed by atoms with Crippen molar-refractivity contribution in [1.29, 1.82) is 0 Å². The van der Waals surface area contributed by atoms with Crippen LogP contribution in [-0.4, -0.2) is 36.3 Å². The number of likely N-dealkylation sites (tertiary alicyclic amines) is 1. The van der Waals surface area contributed by atoms with Gasteiger partial charge in [-0.25, -0.2) is 0 Å². The molecule has 0 unspecified atom stereocenters. The fourth-order valence-corrected chi connectivity index (χ4v) is 3.14. The second-order valence-electron chi connectivity index (χ2n) is 6.73. The second kappa shape index (κ2) is 10.1. The molecule has 4 nitrogen and oxygen atoms in total. The molecule has 0 radical (unpaired) electrons. The summed E-state index contributed by atoms with van der Waals surface area (Å²) in [5, 5.41) is 2.88. The van der Waals surface area contributed by atoms with Crippen molar-refractivity contribution < 1.29 is 9.59 Å². The molecule has 2 aromatic rings. The van der Waals surface area contributed by atoms with E-state index in [0.29, 0.717) is 32.5 Å². The minimum atomic E-state index is -0.0549. The fourth-order valence-electron chi connectivity index (χ4n) is 3.14. The summed E-state index contributed by atoms with van der Waals surface area (Å²) in [6.07, 6.45) is 4.80. The van der Waals surface area contributed by atoms with Crippen LogP contribution in [-0.2, 0) is 9.59 Å². The maximum absolute atomic E-state index is 12.3. The summed E-state index contributed by atoms with van der Waals surface area (Å²) < 4.78 is 0. The highest BCUT2D eigenvalue weighted by Gasteiger charge is 2.26. The molecule has 0 spiro atoms. The van der Waals surface area contributed by atoms with Crippen molar-refractivity contribution in [2.45, 2.75) is 12.8 Å². The lowest BCUT2D eigenvalue weighted by Gasteiger charge is -2.30. The Kier molecular flexibility index (Phi) is 7.03.